The number of ether oxygens (including phenoxy) is 1. The molecule has 2 heteroatoms. The molecule has 0 unspecified atom stereocenters. The predicted molar refractivity (Wildman–Crippen MR) is 86.1 cm³/mol. The Balaban J connectivity index is 2.02. The van der Waals surface area contributed by atoms with Crippen molar-refractivity contribution in [2.45, 2.75) is 6.92 Å². The maximum Gasteiger partial charge on any atom is 0.217 e. The second-order valence-corrected chi connectivity index (χ2v) is 5.01. The SMILES string of the molecule is COc1ccc(/C(C)=C\c2ccc[n+]3ccccc23)cc1. The van der Waals surface area contributed by atoms with Crippen molar-refractivity contribution in [1.82, 2.24) is 0 Å². The Morgan fingerprint density at radius 2 is 1.71 bits per heavy atom. The van der Waals surface area contributed by atoms with E-state index in [1.165, 1.54) is 22.2 Å². The Morgan fingerprint density at radius 1 is 0.952 bits per heavy atom. The number of benzene rings is 1. The summed E-state index contributed by atoms with van der Waals surface area (Å²) in [6.07, 6.45) is 6.35. The molecule has 0 aliphatic carbocycles. The number of hydrogen-bond donors (Lipinski definition) is 0. The first-order valence-corrected chi connectivity index (χ1v) is 7.00. The van der Waals surface area contributed by atoms with Crippen LogP contribution in [0.1, 0.15) is 18.1 Å². The number of methoxy groups -OCH3 is 1. The van der Waals surface area contributed by atoms with Gasteiger partial charge < -0.3 is 4.74 Å². The van der Waals surface area contributed by atoms with Gasteiger partial charge in [0.15, 0.2) is 12.4 Å². The summed E-state index contributed by atoms with van der Waals surface area (Å²) in [7, 11) is 1.69. The fourth-order valence-electron chi connectivity index (χ4n) is 2.45. The molecule has 0 N–H and O–H groups in total. The lowest BCUT2D eigenvalue weighted by Crippen LogP contribution is -2.20. The molecule has 3 rings (SSSR count). The molecule has 0 atom stereocenters. The van der Waals surface area contributed by atoms with E-state index in [-0.39, 0.29) is 0 Å². The van der Waals surface area contributed by atoms with Gasteiger partial charge in [0, 0.05) is 23.8 Å². The van der Waals surface area contributed by atoms with Crippen LogP contribution in [0, 0.1) is 0 Å². The normalized spacial score (nSPS) is 11.6. The summed E-state index contributed by atoms with van der Waals surface area (Å²) in [5.41, 5.74) is 4.85. The van der Waals surface area contributed by atoms with Gasteiger partial charge in [-0.25, -0.2) is 0 Å². The van der Waals surface area contributed by atoms with Crippen molar-refractivity contribution >= 4 is 17.2 Å². The summed E-state index contributed by atoms with van der Waals surface area (Å²) in [6.45, 7) is 2.13. The smallest absolute Gasteiger partial charge is 0.217 e. The molecular formula is C19H18NO+. The highest BCUT2D eigenvalue weighted by molar-refractivity contribution is 5.84. The molecule has 3 aromatic rings. The third-order valence-electron chi connectivity index (χ3n) is 3.63. The van der Waals surface area contributed by atoms with Crippen LogP contribution in [0.4, 0.5) is 0 Å². The van der Waals surface area contributed by atoms with E-state index in [0.717, 1.165) is 5.75 Å². The molecule has 21 heavy (non-hydrogen) atoms. The van der Waals surface area contributed by atoms with Crippen LogP contribution < -0.4 is 9.14 Å². The molecule has 0 aliphatic heterocycles. The van der Waals surface area contributed by atoms with Crippen molar-refractivity contribution < 1.29 is 9.14 Å². The Kier molecular flexibility index (Phi) is 3.69. The van der Waals surface area contributed by atoms with Gasteiger partial charge in [-0.3, -0.25) is 0 Å². The summed E-state index contributed by atoms with van der Waals surface area (Å²) < 4.78 is 7.33. The zero-order valence-corrected chi connectivity index (χ0v) is 12.3. The van der Waals surface area contributed by atoms with Gasteiger partial charge in [0.1, 0.15) is 5.75 Å². The van der Waals surface area contributed by atoms with Gasteiger partial charge in [-0.2, -0.15) is 4.40 Å². The lowest BCUT2D eigenvalue weighted by atomic mass is 10.0. The predicted octanol–water partition coefficient (Wildman–Crippen LogP) is 3.99. The van der Waals surface area contributed by atoms with Crippen LogP contribution in [0.2, 0.25) is 0 Å². The van der Waals surface area contributed by atoms with Crippen LogP contribution in [0.25, 0.3) is 17.2 Å². The maximum absolute atomic E-state index is 5.20. The summed E-state index contributed by atoms with van der Waals surface area (Å²) in [6, 6.07) is 18.6. The van der Waals surface area contributed by atoms with Crippen molar-refractivity contribution in [3.05, 3.63) is 78.1 Å². The van der Waals surface area contributed by atoms with Crippen molar-refractivity contribution in [2.24, 2.45) is 0 Å². The molecule has 0 radical (unpaired) electrons. The molecule has 0 fully saturated rings. The summed E-state index contributed by atoms with van der Waals surface area (Å²) in [5.74, 6) is 0.882. The second kappa shape index (κ2) is 5.80. The van der Waals surface area contributed by atoms with Crippen molar-refractivity contribution in [3.8, 4) is 5.75 Å². The molecule has 0 aliphatic rings. The lowest BCUT2D eigenvalue weighted by Gasteiger charge is -2.04. The highest BCUT2D eigenvalue weighted by atomic mass is 16.5. The molecule has 2 aromatic heterocycles. The first-order valence-electron chi connectivity index (χ1n) is 7.00. The van der Waals surface area contributed by atoms with E-state index in [2.05, 4.69) is 66.2 Å². The van der Waals surface area contributed by atoms with Gasteiger partial charge in [-0.1, -0.05) is 12.1 Å². The third-order valence-corrected chi connectivity index (χ3v) is 3.63. The number of nitrogens with zero attached hydrogens (tertiary/aromatic N) is 1. The van der Waals surface area contributed by atoms with Crippen LogP contribution in [0.15, 0.2) is 67.0 Å². The largest absolute Gasteiger partial charge is 0.497 e. The standard InChI is InChI=1S/C19H18NO/c1-15(16-8-10-18(21-2)11-9-16)14-17-6-5-13-20-12-4-3-7-19(17)20/h3-14H,1-2H3/q+1/b15-14-. The summed E-state index contributed by atoms with van der Waals surface area (Å²) in [4.78, 5) is 0. The molecule has 0 spiro atoms. The Bertz CT molecular complexity index is 783. The van der Waals surface area contributed by atoms with E-state index in [9.17, 15) is 0 Å². The van der Waals surface area contributed by atoms with Gasteiger partial charge in [-0.05, 0) is 48.4 Å². The van der Waals surface area contributed by atoms with Crippen molar-refractivity contribution in [1.29, 1.82) is 0 Å². The fraction of sp³-hybridized carbons (Fsp3) is 0.105. The van der Waals surface area contributed by atoms with Gasteiger partial charge in [0.25, 0.3) is 0 Å². The van der Waals surface area contributed by atoms with E-state index in [1.54, 1.807) is 7.11 Å². The van der Waals surface area contributed by atoms with E-state index >= 15 is 0 Å². The molecule has 0 saturated heterocycles. The molecule has 2 nitrogen and oxygen atoms in total. The molecule has 0 amide bonds. The summed E-state index contributed by atoms with van der Waals surface area (Å²) in [5, 5.41) is 0. The second-order valence-electron chi connectivity index (χ2n) is 5.01. The molecule has 0 bridgehead atoms. The van der Waals surface area contributed by atoms with Crippen LogP contribution in [0.5, 0.6) is 5.75 Å². The van der Waals surface area contributed by atoms with Gasteiger partial charge in [0.05, 0.1) is 7.11 Å². The fourth-order valence-corrected chi connectivity index (χ4v) is 2.45. The van der Waals surface area contributed by atoms with E-state index in [4.69, 9.17) is 4.74 Å². The molecular weight excluding hydrogens is 258 g/mol. The number of rotatable bonds is 3. The van der Waals surface area contributed by atoms with Crippen LogP contribution in [-0.2, 0) is 0 Å². The first kappa shape index (κ1) is 13.4. The Labute approximate surface area is 125 Å². The number of allylic oxidation sites excluding steroid dienone is 1. The van der Waals surface area contributed by atoms with Gasteiger partial charge >= 0.3 is 0 Å². The number of fused-ring (bicyclic) bond motifs is 1. The molecule has 2 heterocycles. The van der Waals surface area contributed by atoms with E-state index in [0.29, 0.717) is 0 Å². The minimum Gasteiger partial charge on any atom is -0.497 e. The number of hydrogen-bond acceptors (Lipinski definition) is 1. The summed E-state index contributed by atoms with van der Waals surface area (Å²) >= 11 is 0. The number of aromatic nitrogens is 1. The van der Waals surface area contributed by atoms with Crippen LogP contribution >= 0.6 is 0 Å². The zero-order chi connectivity index (χ0) is 14.7. The number of pyridine rings is 2. The topological polar surface area (TPSA) is 13.3 Å². The third kappa shape index (κ3) is 2.79. The molecule has 1 aromatic carbocycles. The molecule has 0 saturated carbocycles. The quantitative estimate of drug-likeness (QED) is 0.659. The molecule has 104 valence electrons. The monoisotopic (exact) mass is 276 g/mol. The minimum absolute atomic E-state index is 0.882. The van der Waals surface area contributed by atoms with Crippen LogP contribution in [-0.4, -0.2) is 7.11 Å². The van der Waals surface area contributed by atoms with Crippen molar-refractivity contribution in [3.63, 3.8) is 0 Å². The Hall–Kier alpha value is -2.61. The average Bonchev–Trinajstić information content (AvgIpc) is 2.55. The first-order chi connectivity index (χ1) is 10.3. The zero-order valence-electron chi connectivity index (χ0n) is 12.3. The van der Waals surface area contributed by atoms with Crippen molar-refractivity contribution in [2.75, 3.05) is 7.11 Å². The van der Waals surface area contributed by atoms with Crippen LogP contribution in [0.3, 0.4) is 0 Å². The van der Waals surface area contributed by atoms with E-state index in [1.807, 2.05) is 18.2 Å². The lowest BCUT2D eigenvalue weighted by molar-refractivity contribution is -0.512. The van der Waals surface area contributed by atoms with E-state index < -0.39 is 0 Å². The highest BCUT2D eigenvalue weighted by Crippen LogP contribution is 2.21. The average molecular weight is 276 g/mol. The maximum atomic E-state index is 5.20. The Morgan fingerprint density at radius 3 is 2.48 bits per heavy atom. The van der Waals surface area contributed by atoms with Gasteiger partial charge in [-0.15, -0.1) is 0 Å². The minimum atomic E-state index is 0.882. The highest BCUT2D eigenvalue weighted by Gasteiger charge is 2.05. The van der Waals surface area contributed by atoms with Gasteiger partial charge in [0.2, 0.25) is 5.52 Å².